The number of nitrogens with zero attached hydrogens (tertiary/aromatic N) is 2. The predicted octanol–water partition coefficient (Wildman–Crippen LogP) is 4.86. The van der Waals surface area contributed by atoms with Crippen molar-refractivity contribution >= 4 is 17.5 Å². The summed E-state index contributed by atoms with van der Waals surface area (Å²) in [6.45, 7) is 9.61. The minimum Gasteiger partial charge on any atom is -0.354 e. The first kappa shape index (κ1) is 16.3. The number of aryl methyl sites for hydroxylation is 1. The zero-order valence-electron chi connectivity index (χ0n) is 14.0. The Morgan fingerprint density at radius 2 is 2.00 bits per heavy atom. The first-order chi connectivity index (χ1) is 10.6. The lowest BCUT2D eigenvalue weighted by Crippen LogP contribution is -2.07. The lowest BCUT2D eigenvalue weighted by atomic mass is 9.98. The highest BCUT2D eigenvalue weighted by atomic mass is 15.1. The van der Waals surface area contributed by atoms with Crippen molar-refractivity contribution in [2.75, 3.05) is 17.2 Å². The van der Waals surface area contributed by atoms with E-state index in [1.54, 1.807) is 6.20 Å². The number of rotatable bonds is 7. The van der Waals surface area contributed by atoms with Crippen LogP contribution in [0.4, 0.5) is 17.5 Å². The molecule has 1 aromatic carbocycles. The molecule has 0 atom stereocenters. The van der Waals surface area contributed by atoms with Crippen LogP contribution in [0.1, 0.15) is 50.7 Å². The van der Waals surface area contributed by atoms with Crippen LogP contribution in [0.2, 0.25) is 0 Å². The van der Waals surface area contributed by atoms with Gasteiger partial charge in [0.1, 0.15) is 5.82 Å². The Morgan fingerprint density at radius 3 is 2.73 bits per heavy atom. The Labute approximate surface area is 133 Å². The SMILES string of the molecule is CCCCNc1nccc(Nc2c(C)cccc2C(C)C)n1. The summed E-state index contributed by atoms with van der Waals surface area (Å²) in [5.74, 6) is 1.97. The summed E-state index contributed by atoms with van der Waals surface area (Å²) in [5, 5.41) is 6.72. The van der Waals surface area contributed by atoms with E-state index in [4.69, 9.17) is 0 Å². The van der Waals surface area contributed by atoms with Gasteiger partial charge in [0.15, 0.2) is 0 Å². The predicted molar refractivity (Wildman–Crippen MR) is 94.0 cm³/mol. The molecule has 118 valence electrons. The second kappa shape index (κ2) is 7.78. The Morgan fingerprint density at radius 1 is 1.18 bits per heavy atom. The highest BCUT2D eigenvalue weighted by Crippen LogP contribution is 2.29. The van der Waals surface area contributed by atoms with E-state index < -0.39 is 0 Å². The maximum absolute atomic E-state index is 4.55. The Kier molecular flexibility index (Phi) is 5.75. The highest BCUT2D eigenvalue weighted by Gasteiger charge is 2.10. The fraction of sp³-hybridized carbons (Fsp3) is 0.444. The van der Waals surface area contributed by atoms with Crippen molar-refractivity contribution in [3.8, 4) is 0 Å². The molecule has 2 aromatic rings. The zero-order valence-corrected chi connectivity index (χ0v) is 14.0. The number of aromatic nitrogens is 2. The van der Waals surface area contributed by atoms with Crippen LogP contribution in [0, 0.1) is 6.92 Å². The monoisotopic (exact) mass is 298 g/mol. The fourth-order valence-corrected chi connectivity index (χ4v) is 2.36. The Hall–Kier alpha value is -2.10. The fourth-order valence-electron chi connectivity index (χ4n) is 2.36. The Bertz CT molecular complexity index is 608. The number of hydrogen-bond donors (Lipinski definition) is 2. The number of hydrogen-bond acceptors (Lipinski definition) is 4. The normalized spacial score (nSPS) is 10.8. The number of benzene rings is 1. The molecule has 0 unspecified atom stereocenters. The van der Waals surface area contributed by atoms with Crippen LogP contribution in [0.5, 0.6) is 0 Å². The summed E-state index contributed by atoms with van der Waals surface area (Å²) in [7, 11) is 0. The van der Waals surface area contributed by atoms with Gasteiger partial charge in [0.25, 0.3) is 0 Å². The number of unbranched alkanes of at least 4 members (excludes halogenated alkanes) is 1. The summed E-state index contributed by atoms with van der Waals surface area (Å²) >= 11 is 0. The molecule has 4 heteroatoms. The molecule has 0 fully saturated rings. The zero-order chi connectivity index (χ0) is 15.9. The van der Waals surface area contributed by atoms with Gasteiger partial charge in [0, 0.05) is 18.4 Å². The van der Waals surface area contributed by atoms with E-state index in [0.717, 1.165) is 30.9 Å². The van der Waals surface area contributed by atoms with Crippen LogP contribution in [-0.2, 0) is 0 Å². The van der Waals surface area contributed by atoms with Crippen LogP contribution in [0.15, 0.2) is 30.5 Å². The summed E-state index contributed by atoms with van der Waals surface area (Å²) in [6.07, 6.45) is 4.07. The molecule has 0 radical (unpaired) electrons. The smallest absolute Gasteiger partial charge is 0.224 e. The molecule has 0 aliphatic carbocycles. The van der Waals surface area contributed by atoms with Gasteiger partial charge in [0.05, 0.1) is 0 Å². The third-order valence-corrected chi connectivity index (χ3v) is 3.65. The first-order valence-electron chi connectivity index (χ1n) is 8.05. The van der Waals surface area contributed by atoms with Gasteiger partial charge in [0.2, 0.25) is 5.95 Å². The number of anilines is 3. The third-order valence-electron chi connectivity index (χ3n) is 3.65. The van der Waals surface area contributed by atoms with Gasteiger partial charge in [-0.05, 0) is 36.5 Å². The molecule has 0 bridgehead atoms. The molecule has 2 rings (SSSR count). The van der Waals surface area contributed by atoms with Gasteiger partial charge in [-0.3, -0.25) is 0 Å². The van der Waals surface area contributed by atoms with Crippen molar-refractivity contribution in [2.24, 2.45) is 0 Å². The Balaban J connectivity index is 2.19. The van der Waals surface area contributed by atoms with E-state index in [0.29, 0.717) is 11.9 Å². The van der Waals surface area contributed by atoms with E-state index in [1.165, 1.54) is 11.1 Å². The van der Waals surface area contributed by atoms with Crippen molar-refractivity contribution in [1.29, 1.82) is 0 Å². The lowest BCUT2D eigenvalue weighted by Gasteiger charge is -2.17. The van der Waals surface area contributed by atoms with Crippen molar-refractivity contribution < 1.29 is 0 Å². The van der Waals surface area contributed by atoms with Crippen LogP contribution >= 0.6 is 0 Å². The topological polar surface area (TPSA) is 49.8 Å². The van der Waals surface area contributed by atoms with E-state index in [-0.39, 0.29) is 0 Å². The second-order valence-corrected chi connectivity index (χ2v) is 5.86. The summed E-state index contributed by atoms with van der Waals surface area (Å²) in [4.78, 5) is 8.82. The van der Waals surface area contributed by atoms with Crippen LogP contribution in [0.25, 0.3) is 0 Å². The van der Waals surface area contributed by atoms with E-state index >= 15 is 0 Å². The van der Waals surface area contributed by atoms with Gasteiger partial charge >= 0.3 is 0 Å². The minimum absolute atomic E-state index is 0.464. The average Bonchev–Trinajstić information content (AvgIpc) is 2.50. The maximum Gasteiger partial charge on any atom is 0.224 e. The molecule has 1 heterocycles. The number of nitrogens with one attached hydrogen (secondary N) is 2. The molecular formula is C18H26N4. The van der Waals surface area contributed by atoms with Crippen LogP contribution < -0.4 is 10.6 Å². The molecule has 0 saturated heterocycles. The maximum atomic E-state index is 4.55. The molecule has 0 amide bonds. The van der Waals surface area contributed by atoms with E-state index in [2.05, 4.69) is 66.5 Å². The standard InChI is InChI=1S/C18H26N4/c1-5-6-11-19-18-20-12-10-16(22-18)21-17-14(4)8-7-9-15(17)13(2)3/h7-10,12-13H,5-6,11H2,1-4H3,(H2,19,20,21,22). The molecule has 22 heavy (non-hydrogen) atoms. The second-order valence-electron chi connectivity index (χ2n) is 5.86. The van der Waals surface area contributed by atoms with Crippen molar-refractivity contribution in [1.82, 2.24) is 9.97 Å². The number of para-hydroxylation sites is 1. The first-order valence-corrected chi connectivity index (χ1v) is 8.05. The van der Waals surface area contributed by atoms with Crippen molar-refractivity contribution in [3.63, 3.8) is 0 Å². The van der Waals surface area contributed by atoms with E-state index in [9.17, 15) is 0 Å². The van der Waals surface area contributed by atoms with E-state index in [1.807, 2.05) is 6.07 Å². The summed E-state index contributed by atoms with van der Waals surface area (Å²) in [6, 6.07) is 8.30. The molecule has 0 aliphatic heterocycles. The van der Waals surface area contributed by atoms with Gasteiger partial charge < -0.3 is 10.6 Å². The molecule has 0 saturated carbocycles. The van der Waals surface area contributed by atoms with Crippen molar-refractivity contribution in [2.45, 2.75) is 46.5 Å². The largest absolute Gasteiger partial charge is 0.354 e. The molecule has 4 nitrogen and oxygen atoms in total. The molecule has 0 aliphatic rings. The van der Waals surface area contributed by atoms with Gasteiger partial charge in [-0.25, -0.2) is 4.98 Å². The highest BCUT2D eigenvalue weighted by molar-refractivity contribution is 5.65. The summed E-state index contributed by atoms with van der Waals surface area (Å²) in [5.41, 5.74) is 3.68. The van der Waals surface area contributed by atoms with Crippen LogP contribution in [0.3, 0.4) is 0 Å². The molecular weight excluding hydrogens is 272 g/mol. The van der Waals surface area contributed by atoms with Gasteiger partial charge in [-0.1, -0.05) is 45.4 Å². The summed E-state index contributed by atoms with van der Waals surface area (Å²) < 4.78 is 0. The third kappa shape index (κ3) is 4.20. The minimum atomic E-state index is 0.464. The quantitative estimate of drug-likeness (QED) is 0.716. The lowest BCUT2D eigenvalue weighted by molar-refractivity contribution is 0.826. The van der Waals surface area contributed by atoms with Gasteiger partial charge in [-0.15, -0.1) is 0 Å². The van der Waals surface area contributed by atoms with Crippen LogP contribution in [-0.4, -0.2) is 16.5 Å². The molecule has 2 N–H and O–H groups in total. The molecule has 1 aromatic heterocycles. The van der Waals surface area contributed by atoms with Gasteiger partial charge in [-0.2, -0.15) is 4.98 Å². The average molecular weight is 298 g/mol. The molecule has 0 spiro atoms. The van der Waals surface area contributed by atoms with Crippen molar-refractivity contribution in [3.05, 3.63) is 41.6 Å².